The summed E-state index contributed by atoms with van der Waals surface area (Å²) in [6.45, 7) is 4.43. The van der Waals surface area contributed by atoms with Crippen molar-refractivity contribution in [1.29, 1.82) is 0 Å². The van der Waals surface area contributed by atoms with E-state index in [4.69, 9.17) is 4.52 Å². The first kappa shape index (κ1) is 12.9. The molecule has 0 atom stereocenters. The van der Waals surface area contributed by atoms with Crippen molar-refractivity contribution in [2.75, 3.05) is 25.0 Å². The Labute approximate surface area is 116 Å². The Morgan fingerprint density at radius 3 is 3.05 bits per heavy atom. The van der Waals surface area contributed by atoms with Gasteiger partial charge in [-0.25, -0.2) is 0 Å². The monoisotopic (exact) mass is 275 g/mol. The summed E-state index contributed by atoms with van der Waals surface area (Å²) in [6, 6.07) is 4.07. The maximum atomic E-state index is 11.7. The minimum Gasteiger partial charge on any atom is -0.360 e. The van der Waals surface area contributed by atoms with E-state index < -0.39 is 0 Å². The van der Waals surface area contributed by atoms with Crippen LogP contribution in [0.25, 0.3) is 0 Å². The lowest BCUT2D eigenvalue weighted by atomic mass is 10.1. The summed E-state index contributed by atoms with van der Waals surface area (Å²) >= 11 is 0. The first-order chi connectivity index (χ1) is 9.70. The van der Waals surface area contributed by atoms with Crippen molar-refractivity contribution in [3.8, 4) is 0 Å². The number of anilines is 1. The molecule has 7 nitrogen and oxygen atoms in total. The summed E-state index contributed by atoms with van der Waals surface area (Å²) in [7, 11) is 0. The molecule has 0 aliphatic carbocycles. The number of nitrogens with zero attached hydrogens (tertiary/aromatic N) is 4. The van der Waals surface area contributed by atoms with E-state index in [2.05, 4.69) is 20.5 Å². The Bertz CT molecular complexity index is 571. The second kappa shape index (κ2) is 5.46. The maximum absolute atomic E-state index is 11.7. The van der Waals surface area contributed by atoms with Crippen LogP contribution in [-0.4, -0.2) is 45.4 Å². The predicted octanol–water partition coefficient (Wildman–Crippen LogP) is 1.07. The molecular weight excluding hydrogens is 258 g/mol. The fourth-order valence-electron chi connectivity index (χ4n) is 2.28. The lowest BCUT2D eigenvalue weighted by Crippen LogP contribution is -2.48. The number of carbonyl (C=O) groups excluding carboxylic acids is 1. The zero-order valence-electron chi connectivity index (χ0n) is 11.3. The topological polar surface area (TPSA) is 76.2 Å². The summed E-state index contributed by atoms with van der Waals surface area (Å²) in [4.78, 5) is 14.0. The molecule has 7 heteroatoms. The quantitative estimate of drug-likeness (QED) is 0.883. The van der Waals surface area contributed by atoms with Crippen LogP contribution in [0.2, 0.25) is 0 Å². The molecule has 1 aliphatic rings. The second-order valence-corrected chi connectivity index (χ2v) is 5.02. The van der Waals surface area contributed by atoms with Crippen LogP contribution in [-0.2, 0) is 4.79 Å². The summed E-state index contributed by atoms with van der Waals surface area (Å²) in [5.41, 5.74) is 0. The molecule has 1 saturated heterocycles. The number of hydrogen-bond donors (Lipinski definition) is 1. The van der Waals surface area contributed by atoms with Gasteiger partial charge in [0, 0.05) is 44.5 Å². The number of amides is 1. The zero-order valence-corrected chi connectivity index (χ0v) is 11.3. The summed E-state index contributed by atoms with van der Waals surface area (Å²) in [5.74, 6) is 1.12. The van der Waals surface area contributed by atoms with E-state index in [1.807, 2.05) is 16.9 Å². The molecule has 0 spiro atoms. The number of likely N-dealkylation sites (tertiary alicyclic amines) is 1. The second-order valence-electron chi connectivity index (χ2n) is 5.02. The standard InChI is InChI=1S/C13H17N5O2/c1-10-7-12(16-20-10)15-13(19)3-6-17-8-11(9-17)18-5-2-4-14-18/h2,4-5,7,11H,3,6,8-9H2,1H3,(H,15,16,19). The number of rotatable bonds is 5. The van der Waals surface area contributed by atoms with Gasteiger partial charge in [0.15, 0.2) is 5.82 Å². The number of carbonyl (C=O) groups is 1. The molecule has 1 fully saturated rings. The van der Waals surface area contributed by atoms with Gasteiger partial charge in [0.05, 0.1) is 6.04 Å². The smallest absolute Gasteiger partial charge is 0.226 e. The van der Waals surface area contributed by atoms with Crippen molar-refractivity contribution in [3.05, 3.63) is 30.3 Å². The first-order valence-corrected chi connectivity index (χ1v) is 6.65. The number of aryl methyl sites for hydroxylation is 1. The minimum absolute atomic E-state index is 0.0409. The lowest BCUT2D eigenvalue weighted by Gasteiger charge is -2.39. The highest BCUT2D eigenvalue weighted by atomic mass is 16.5. The van der Waals surface area contributed by atoms with Crippen LogP contribution >= 0.6 is 0 Å². The van der Waals surface area contributed by atoms with E-state index in [0.29, 0.717) is 24.0 Å². The van der Waals surface area contributed by atoms with E-state index in [1.165, 1.54) is 0 Å². The lowest BCUT2D eigenvalue weighted by molar-refractivity contribution is -0.116. The largest absolute Gasteiger partial charge is 0.360 e. The van der Waals surface area contributed by atoms with Gasteiger partial charge in [0.2, 0.25) is 5.91 Å². The minimum atomic E-state index is -0.0409. The highest BCUT2D eigenvalue weighted by Crippen LogP contribution is 2.20. The van der Waals surface area contributed by atoms with Crippen LogP contribution in [0.5, 0.6) is 0 Å². The van der Waals surface area contributed by atoms with Crippen LogP contribution in [0, 0.1) is 6.92 Å². The summed E-state index contributed by atoms with van der Waals surface area (Å²) < 4.78 is 6.86. The number of hydrogen-bond acceptors (Lipinski definition) is 5. The van der Waals surface area contributed by atoms with Crippen molar-refractivity contribution in [2.24, 2.45) is 0 Å². The molecule has 0 unspecified atom stereocenters. The Hall–Kier alpha value is -2.15. The normalized spacial score (nSPS) is 16.1. The van der Waals surface area contributed by atoms with Gasteiger partial charge in [0.25, 0.3) is 0 Å². The Morgan fingerprint density at radius 1 is 1.55 bits per heavy atom. The molecule has 3 heterocycles. The van der Waals surface area contributed by atoms with Gasteiger partial charge in [-0.15, -0.1) is 0 Å². The molecule has 0 aromatic carbocycles. The van der Waals surface area contributed by atoms with Crippen molar-refractivity contribution in [1.82, 2.24) is 19.8 Å². The van der Waals surface area contributed by atoms with Crippen LogP contribution in [0.1, 0.15) is 18.2 Å². The van der Waals surface area contributed by atoms with Gasteiger partial charge in [0.1, 0.15) is 5.76 Å². The van der Waals surface area contributed by atoms with E-state index >= 15 is 0 Å². The molecule has 1 amide bonds. The molecule has 20 heavy (non-hydrogen) atoms. The van der Waals surface area contributed by atoms with Crippen LogP contribution in [0.3, 0.4) is 0 Å². The van der Waals surface area contributed by atoms with Gasteiger partial charge in [-0.3, -0.25) is 14.4 Å². The van der Waals surface area contributed by atoms with Gasteiger partial charge >= 0.3 is 0 Å². The SMILES string of the molecule is Cc1cc(NC(=O)CCN2CC(n3cccn3)C2)no1. The third-order valence-corrected chi connectivity index (χ3v) is 3.39. The van der Waals surface area contributed by atoms with E-state index in [0.717, 1.165) is 19.6 Å². The number of nitrogens with one attached hydrogen (secondary N) is 1. The Morgan fingerprint density at radius 2 is 2.40 bits per heavy atom. The molecule has 1 aliphatic heterocycles. The molecule has 0 radical (unpaired) electrons. The van der Waals surface area contributed by atoms with Crippen LogP contribution in [0.4, 0.5) is 5.82 Å². The molecule has 106 valence electrons. The fraction of sp³-hybridized carbons (Fsp3) is 0.462. The molecule has 0 bridgehead atoms. The first-order valence-electron chi connectivity index (χ1n) is 6.65. The van der Waals surface area contributed by atoms with Crippen molar-refractivity contribution >= 4 is 11.7 Å². The van der Waals surface area contributed by atoms with E-state index in [1.54, 1.807) is 19.2 Å². The average Bonchev–Trinajstić information content (AvgIpc) is 2.99. The predicted molar refractivity (Wildman–Crippen MR) is 72.2 cm³/mol. The highest BCUT2D eigenvalue weighted by Gasteiger charge is 2.28. The van der Waals surface area contributed by atoms with E-state index in [9.17, 15) is 4.79 Å². The molecular formula is C13H17N5O2. The molecule has 2 aromatic heterocycles. The van der Waals surface area contributed by atoms with Gasteiger partial charge in [-0.1, -0.05) is 5.16 Å². The molecule has 3 rings (SSSR count). The highest BCUT2D eigenvalue weighted by molar-refractivity contribution is 5.89. The van der Waals surface area contributed by atoms with Gasteiger partial charge in [-0.05, 0) is 13.0 Å². The average molecular weight is 275 g/mol. The number of aromatic nitrogens is 3. The summed E-state index contributed by atoms with van der Waals surface area (Å²) in [6.07, 6.45) is 4.22. The van der Waals surface area contributed by atoms with Crippen molar-refractivity contribution < 1.29 is 9.32 Å². The molecule has 1 N–H and O–H groups in total. The van der Waals surface area contributed by atoms with E-state index in [-0.39, 0.29) is 5.91 Å². The fourth-order valence-corrected chi connectivity index (χ4v) is 2.28. The maximum Gasteiger partial charge on any atom is 0.226 e. The van der Waals surface area contributed by atoms with Crippen molar-refractivity contribution in [3.63, 3.8) is 0 Å². The summed E-state index contributed by atoms with van der Waals surface area (Å²) in [5, 5.41) is 10.7. The zero-order chi connectivity index (χ0) is 13.9. The van der Waals surface area contributed by atoms with Gasteiger partial charge in [-0.2, -0.15) is 5.10 Å². The Balaban J connectivity index is 1.37. The third-order valence-electron chi connectivity index (χ3n) is 3.39. The molecule has 2 aromatic rings. The van der Waals surface area contributed by atoms with Crippen LogP contribution in [0.15, 0.2) is 29.0 Å². The molecule has 0 saturated carbocycles. The Kier molecular flexibility index (Phi) is 3.51. The third kappa shape index (κ3) is 2.88. The van der Waals surface area contributed by atoms with Crippen molar-refractivity contribution in [2.45, 2.75) is 19.4 Å². The van der Waals surface area contributed by atoms with Gasteiger partial charge < -0.3 is 9.84 Å². The van der Waals surface area contributed by atoms with Crippen LogP contribution < -0.4 is 5.32 Å².